The van der Waals surface area contributed by atoms with E-state index in [9.17, 15) is 13.2 Å². The van der Waals surface area contributed by atoms with E-state index in [0.717, 1.165) is 49.0 Å². The summed E-state index contributed by atoms with van der Waals surface area (Å²) in [6, 6.07) is 13.4. The first-order valence-corrected chi connectivity index (χ1v) is 12.2. The number of rotatable bonds is 6. The van der Waals surface area contributed by atoms with Gasteiger partial charge < -0.3 is 5.32 Å². The van der Waals surface area contributed by atoms with Crippen LogP contribution >= 0.6 is 11.3 Å². The largest absolute Gasteiger partial charge is 0.350 e. The first-order chi connectivity index (χ1) is 13.5. The summed E-state index contributed by atoms with van der Waals surface area (Å²) in [5.41, 5.74) is 0.655. The summed E-state index contributed by atoms with van der Waals surface area (Å²) in [7, 11) is -3.42. The van der Waals surface area contributed by atoms with Gasteiger partial charge in [0.1, 0.15) is 4.21 Å². The number of nitrogens with zero attached hydrogens (tertiary/aromatic N) is 1. The van der Waals surface area contributed by atoms with Crippen molar-refractivity contribution < 1.29 is 13.2 Å². The van der Waals surface area contributed by atoms with Gasteiger partial charge in [-0.05, 0) is 43.4 Å². The third-order valence-corrected chi connectivity index (χ3v) is 9.18. The van der Waals surface area contributed by atoms with Crippen LogP contribution in [0.3, 0.4) is 0 Å². The zero-order valence-electron chi connectivity index (χ0n) is 15.9. The Hall–Kier alpha value is -1.70. The minimum absolute atomic E-state index is 0.0315. The van der Waals surface area contributed by atoms with Crippen LogP contribution in [0.2, 0.25) is 0 Å². The molecule has 1 aromatic heterocycles. The highest BCUT2D eigenvalue weighted by molar-refractivity contribution is 7.91. The number of hydrogen-bond acceptors (Lipinski definition) is 4. The van der Waals surface area contributed by atoms with Crippen LogP contribution in [0.25, 0.3) is 0 Å². The van der Waals surface area contributed by atoms with Crippen LogP contribution in [0.15, 0.2) is 46.7 Å². The third kappa shape index (κ3) is 3.88. The average Bonchev–Trinajstić information content (AvgIpc) is 3.45. The standard InChI is InChI=1S/C21H26N2O3S2/c24-20(21(12-13-21)17-8-4-3-5-9-17)22-16-18-10-11-19(27-18)28(25,26)23-14-6-1-2-7-15-23/h3-5,8-11H,1-2,6-7,12-16H2,(H,22,24). The molecule has 5 nitrogen and oxygen atoms in total. The smallest absolute Gasteiger partial charge is 0.252 e. The summed E-state index contributed by atoms with van der Waals surface area (Å²) in [4.78, 5) is 13.6. The van der Waals surface area contributed by atoms with Gasteiger partial charge in [0.25, 0.3) is 10.0 Å². The molecule has 1 aliphatic carbocycles. The topological polar surface area (TPSA) is 66.5 Å². The zero-order chi connectivity index (χ0) is 19.6. The van der Waals surface area contributed by atoms with E-state index in [1.807, 2.05) is 36.4 Å². The third-order valence-electron chi connectivity index (χ3n) is 5.73. The molecule has 0 spiro atoms. The molecule has 2 aliphatic rings. The number of benzene rings is 1. The molecule has 28 heavy (non-hydrogen) atoms. The molecule has 1 saturated carbocycles. The lowest BCUT2D eigenvalue weighted by atomic mass is 9.95. The molecule has 2 heterocycles. The molecule has 4 rings (SSSR count). The molecule has 1 N–H and O–H groups in total. The molecule has 1 aromatic carbocycles. The first kappa shape index (κ1) is 19.6. The lowest BCUT2D eigenvalue weighted by Gasteiger charge is -2.18. The summed E-state index contributed by atoms with van der Waals surface area (Å²) in [6.07, 6.45) is 5.77. The summed E-state index contributed by atoms with van der Waals surface area (Å²) >= 11 is 1.26. The van der Waals surface area contributed by atoms with Crippen molar-refractivity contribution in [1.82, 2.24) is 9.62 Å². The van der Waals surface area contributed by atoms with E-state index in [2.05, 4.69) is 5.32 Å². The maximum Gasteiger partial charge on any atom is 0.252 e. The lowest BCUT2D eigenvalue weighted by molar-refractivity contribution is -0.123. The predicted molar refractivity (Wildman–Crippen MR) is 111 cm³/mol. The average molecular weight is 419 g/mol. The van der Waals surface area contributed by atoms with E-state index in [0.29, 0.717) is 23.8 Å². The number of carbonyl (C=O) groups is 1. The van der Waals surface area contributed by atoms with Crippen LogP contribution in [0.4, 0.5) is 0 Å². The summed E-state index contributed by atoms with van der Waals surface area (Å²) in [6.45, 7) is 1.57. The highest BCUT2D eigenvalue weighted by Crippen LogP contribution is 2.48. The molecule has 1 saturated heterocycles. The van der Waals surface area contributed by atoms with Gasteiger partial charge in [-0.15, -0.1) is 11.3 Å². The molecular formula is C21H26N2O3S2. The van der Waals surface area contributed by atoms with E-state index in [1.54, 1.807) is 10.4 Å². The van der Waals surface area contributed by atoms with Crippen molar-refractivity contribution in [3.63, 3.8) is 0 Å². The molecule has 0 atom stereocenters. The highest BCUT2D eigenvalue weighted by atomic mass is 32.2. The zero-order valence-corrected chi connectivity index (χ0v) is 17.5. The molecule has 2 aromatic rings. The Morgan fingerprint density at radius 2 is 1.68 bits per heavy atom. The van der Waals surface area contributed by atoms with Crippen molar-refractivity contribution >= 4 is 27.3 Å². The summed E-state index contributed by atoms with van der Waals surface area (Å²) in [5, 5.41) is 3.02. The fourth-order valence-corrected chi connectivity index (χ4v) is 6.83. The van der Waals surface area contributed by atoms with Crippen LogP contribution in [0.1, 0.15) is 49.0 Å². The van der Waals surface area contributed by atoms with E-state index < -0.39 is 15.4 Å². The molecule has 0 bridgehead atoms. The van der Waals surface area contributed by atoms with E-state index in [-0.39, 0.29) is 5.91 Å². The van der Waals surface area contributed by atoms with Gasteiger partial charge in [0.05, 0.1) is 12.0 Å². The number of sulfonamides is 1. The quantitative estimate of drug-likeness (QED) is 0.778. The van der Waals surface area contributed by atoms with Crippen LogP contribution in [-0.4, -0.2) is 31.7 Å². The molecule has 0 radical (unpaired) electrons. The molecule has 2 fully saturated rings. The number of carbonyl (C=O) groups excluding carboxylic acids is 1. The Balaban J connectivity index is 1.41. The van der Waals surface area contributed by atoms with Crippen molar-refractivity contribution in [3.05, 3.63) is 52.9 Å². The Kier molecular flexibility index (Phi) is 5.58. The molecule has 1 aliphatic heterocycles. The minimum Gasteiger partial charge on any atom is -0.350 e. The van der Waals surface area contributed by atoms with Gasteiger partial charge in [0, 0.05) is 18.0 Å². The van der Waals surface area contributed by atoms with Crippen LogP contribution < -0.4 is 5.32 Å². The number of amides is 1. The van der Waals surface area contributed by atoms with Gasteiger partial charge in [-0.25, -0.2) is 8.42 Å². The molecule has 1 amide bonds. The molecular weight excluding hydrogens is 392 g/mol. The van der Waals surface area contributed by atoms with Gasteiger partial charge in [0.2, 0.25) is 5.91 Å². The second-order valence-electron chi connectivity index (χ2n) is 7.67. The van der Waals surface area contributed by atoms with E-state index in [4.69, 9.17) is 0 Å². The van der Waals surface area contributed by atoms with Crippen molar-refractivity contribution in [3.8, 4) is 0 Å². The van der Waals surface area contributed by atoms with E-state index >= 15 is 0 Å². The Morgan fingerprint density at radius 3 is 2.32 bits per heavy atom. The maximum atomic E-state index is 12.9. The van der Waals surface area contributed by atoms with Crippen LogP contribution in [0.5, 0.6) is 0 Å². The molecule has 7 heteroatoms. The Bertz CT molecular complexity index is 926. The normalized spacial score (nSPS) is 19.7. The minimum atomic E-state index is -3.42. The van der Waals surface area contributed by atoms with Crippen LogP contribution in [0, 0.1) is 0 Å². The van der Waals surface area contributed by atoms with Gasteiger partial charge in [-0.1, -0.05) is 43.2 Å². The Labute approximate surface area is 170 Å². The molecule has 150 valence electrons. The van der Waals surface area contributed by atoms with Gasteiger partial charge >= 0.3 is 0 Å². The number of thiophene rings is 1. The second-order valence-corrected chi connectivity index (χ2v) is 11.0. The second kappa shape index (κ2) is 7.97. The summed E-state index contributed by atoms with van der Waals surface area (Å²) in [5.74, 6) is 0.0315. The van der Waals surface area contributed by atoms with E-state index in [1.165, 1.54) is 11.3 Å². The van der Waals surface area contributed by atoms with Crippen molar-refractivity contribution in [2.45, 2.75) is 54.7 Å². The van der Waals surface area contributed by atoms with Crippen molar-refractivity contribution in [2.24, 2.45) is 0 Å². The summed E-state index contributed by atoms with van der Waals surface area (Å²) < 4.78 is 27.8. The Morgan fingerprint density at radius 1 is 1.00 bits per heavy atom. The lowest BCUT2D eigenvalue weighted by Crippen LogP contribution is -2.34. The van der Waals surface area contributed by atoms with Crippen LogP contribution in [-0.2, 0) is 26.8 Å². The fraction of sp³-hybridized carbons (Fsp3) is 0.476. The van der Waals surface area contributed by atoms with Gasteiger partial charge in [-0.3, -0.25) is 4.79 Å². The number of hydrogen-bond donors (Lipinski definition) is 1. The predicted octanol–water partition coefficient (Wildman–Crippen LogP) is 3.66. The first-order valence-electron chi connectivity index (χ1n) is 9.95. The fourth-order valence-electron chi connectivity index (χ4n) is 3.87. The SMILES string of the molecule is O=C(NCc1ccc(S(=O)(=O)N2CCCCCC2)s1)C1(c2ccccc2)CC1. The maximum absolute atomic E-state index is 12.9. The molecule has 0 unspecified atom stereocenters. The monoisotopic (exact) mass is 418 g/mol. The number of nitrogens with one attached hydrogen (secondary N) is 1. The van der Waals surface area contributed by atoms with Crippen molar-refractivity contribution in [1.29, 1.82) is 0 Å². The van der Waals surface area contributed by atoms with Gasteiger partial charge in [-0.2, -0.15) is 4.31 Å². The van der Waals surface area contributed by atoms with Gasteiger partial charge in [0.15, 0.2) is 0 Å². The van der Waals surface area contributed by atoms with Crippen molar-refractivity contribution in [2.75, 3.05) is 13.1 Å². The highest BCUT2D eigenvalue weighted by Gasteiger charge is 2.50.